The van der Waals surface area contributed by atoms with Crippen molar-refractivity contribution in [3.05, 3.63) is 52.5 Å². The fourth-order valence-corrected chi connectivity index (χ4v) is 4.24. The number of hydrogen-bond donors (Lipinski definition) is 0. The highest BCUT2D eigenvalue weighted by Crippen LogP contribution is 2.39. The van der Waals surface area contributed by atoms with Crippen LogP contribution in [-0.4, -0.2) is 39.7 Å². The Bertz CT molecular complexity index is 718. The molecule has 3 rings (SSSR count). The zero-order valence-corrected chi connectivity index (χ0v) is 15.4. The molecule has 0 aromatic carbocycles. The van der Waals surface area contributed by atoms with Crippen LogP contribution in [0.2, 0.25) is 0 Å². The Balaban J connectivity index is 1.87. The van der Waals surface area contributed by atoms with E-state index >= 15 is 0 Å². The van der Waals surface area contributed by atoms with Gasteiger partial charge in [0.15, 0.2) is 0 Å². The van der Waals surface area contributed by atoms with Gasteiger partial charge in [-0.05, 0) is 36.9 Å². The van der Waals surface area contributed by atoms with Gasteiger partial charge in [-0.3, -0.25) is 14.6 Å². The largest absolute Gasteiger partial charge is 0.338 e. The Morgan fingerprint density at radius 2 is 2.20 bits per heavy atom. The highest BCUT2D eigenvalue weighted by Gasteiger charge is 2.45. The molecule has 0 bridgehead atoms. The second kappa shape index (κ2) is 7.78. The summed E-state index contributed by atoms with van der Waals surface area (Å²) >= 11 is 1.65. The topological polar surface area (TPSA) is 53.5 Å². The molecule has 5 nitrogen and oxygen atoms in total. The van der Waals surface area contributed by atoms with Crippen molar-refractivity contribution in [2.75, 3.05) is 13.1 Å². The smallest absolute Gasteiger partial charge is 0.228 e. The predicted octanol–water partition coefficient (Wildman–Crippen LogP) is 3.10. The molecular formula is C19H23N3O2S. The van der Waals surface area contributed by atoms with Crippen molar-refractivity contribution in [2.45, 2.75) is 32.9 Å². The first-order valence-corrected chi connectivity index (χ1v) is 9.54. The maximum Gasteiger partial charge on any atom is 0.228 e. The second-order valence-corrected chi connectivity index (χ2v) is 7.19. The molecule has 0 radical (unpaired) electrons. The van der Waals surface area contributed by atoms with Gasteiger partial charge in [-0.15, -0.1) is 11.3 Å². The zero-order chi connectivity index (χ0) is 17.8. The molecule has 6 heteroatoms. The van der Waals surface area contributed by atoms with Gasteiger partial charge in [-0.2, -0.15) is 0 Å². The fraction of sp³-hybridized carbons (Fsp3) is 0.421. The molecule has 1 fully saturated rings. The molecule has 2 amide bonds. The summed E-state index contributed by atoms with van der Waals surface area (Å²) in [5.74, 6) is -0.257. The summed E-state index contributed by atoms with van der Waals surface area (Å²) in [5.41, 5.74) is 0.931. The van der Waals surface area contributed by atoms with Crippen molar-refractivity contribution in [2.24, 2.45) is 5.92 Å². The fourth-order valence-electron chi connectivity index (χ4n) is 3.52. The minimum absolute atomic E-state index is 0.0434. The van der Waals surface area contributed by atoms with Gasteiger partial charge in [0, 0.05) is 36.8 Å². The van der Waals surface area contributed by atoms with E-state index in [1.54, 1.807) is 28.6 Å². The van der Waals surface area contributed by atoms with Crippen molar-refractivity contribution in [1.82, 2.24) is 14.8 Å². The predicted molar refractivity (Wildman–Crippen MR) is 97.9 cm³/mol. The van der Waals surface area contributed by atoms with E-state index < -0.39 is 0 Å². The number of aromatic nitrogens is 1. The Morgan fingerprint density at radius 1 is 1.36 bits per heavy atom. The molecule has 2 aromatic heterocycles. The molecule has 0 unspecified atom stereocenters. The lowest BCUT2D eigenvalue weighted by Gasteiger charge is -2.30. The van der Waals surface area contributed by atoms with Crippen LogP contribution in [0.25, 0.3) is 0 Å². The van der Waals surface area contributed by atoms with Crippen LogP contribution >= 0.6 is 11.3 Å². The molecule has 3 heterocycles. The Labute approximate surface area is 152 Å². The summed E-state index contributed by atoms with van der Waals surface area (Å²) in [6.45, 7) is 5.77. The standard InChI is InChI=1S/C19H23N3O2S/c1-3-21(13-15-8-6-10-25-15)19(24)16-11-17(23)22(4-2)18(16)14-7-5-9-20-12-14/h5-10,12,16,18H,3-4,11,13H2,1-2H3/t16-,18+/m1/s1. The number of nitrogens with zero attached hydrogens (tertiary/aromatic N) is 3. The lowest BCUT2D eigenvalue weighted by atomic mass is 9.93. The van der Waals surface area contributed by atoms with Gasteiger partial charge in [0.2, 0.25) is 11.8 Å². The summed E-state index contributed by atoms with van der Waals surface area (Å²) < 4.78 is 0. The lowest BCUT2D eigenvalue weighted by Crippen LogP contribution is -2.38. The van der Waals surface area contributed by atoms with Gasteiger partial charge in [-0.25, -0.2) is 0 Å². The van der Waals surface area contributed by atoms with E-state index in [9.17, 15) is 9.59 Å². The summed E-state index contributed by atoms with van der Waals surface area (Å²) in [7, 11) is 0. The molecule has 1 aliphatic rings. The Morgan fingerprint density at radius 3 is 2.80 bits per heavy atom. The van der Waals surface area contributed by atoms with Crippen molar-refractivity contribution >= 4 is 23.2 Å². The first kappa shape index (κ1) is 17.6. The second-order valence-electron chi connectivity index (χ2n) is 6.15. The van der Waals surface area contributed by atoms with Gasteiger partial charge in [0.05, 0.1) is 18.5 Å². The molecule has 1 saturated heterocycles. The average molecular weight is 357 g/mol. The maximum atomic E-state index is 13.2. The third-order valence-electron chi connectivity index (χ3n) is 4.74. The first-order chi connectivity index (χ1) is 12.2. The van der Waals surface area contributed by atoms with Crippen molar-refractivity contribution in [3.8, 4) is 0 Å². The summed E-state index contributed by atoms with van der Waals surface area (Å²) in [4.78, 5) is 34.7. The van der Waals surface area contributed by atoms with Gasteiger partial charge in [0.25, 0.3) is 0 Å². The molecule has 132 valence electrons. The van der Waals surface area contributed by atoms with E-state index in [1.165, 1.54) is 0 Å². The van der Waals surface area contributed by atoms with E-state index in [2.05, 4.69) is 4.98 Å². The van der Waals surface area contributed by atoms with Crippen LogP contribution in [-0.2, 0) is 16.1 Å². The highest BCUT2D eigenvalue weighted by atomic mass is 32.1. The van der Waals surface area contributed by atoms with E-state index in [-0.39, 0.29) is 30.2 Å². The monoisotopic (exact) mass is 357 g/mol. The SMILES string of the molecule is CCN(Cc1cccs1)C(=O)[C@@H]1CC(=O)N(CC)[C@H]1c1cccnc1. The minimum Gasteiger partial charge on any atom is -0.338 e. The van der Waals surface area contributed by atoms with Crippen LogP contribution in [0.15, 0.2) is 42.0 Å². The minimum atomic E-state index is -0.350. The molecule has 2 atom stereocenters. The zero-order valence-electron chi connectivity index (χ0n) is 14.6. The number of amides is 2. The number of pyridine rings is 1. The molecule has 0 aliphatic carbocycles. The van der Waals surface area contributed by atoms with Crippen molar-refractivity contribution < 1.29 is 9.59 Å². The number of carbonyl (C=O) groups is 2. The number of carbonyl (C=O) groups excluding carboxylic acids is 2. The Kier molecular flexibility index (Phi) is 5.48. The molecule has 0 N–H and O–H groups in total. The Hall–Kier alpha value is -2.21. The van der Waals surface area contributed by atoms with Crippen LogP contribution in [0, 0.1) is 5.92 Å². The van der Waals surface area contributed by atoms with E-state index in [1.807, 2.05) is 48.4 Å². The lowest BCUT2D eigenvalue weighted by molar-refractivity contribution is -0.137. The molecule has 1 aliphatic heterocycles. The molecule has 2 aromatic rings. The van der Waals surface area contributed by atoms with Crippen LogP contribution in [0.4, 0.5) is 0 Å². The number of hydrogen-bond acceptors (Lipinski definition) is 4. The highest BCUT2D eigenvalue weighted by molar-refractivity contribution is 7.09. The van der Waals surface area contributed by atoms with Gasteiger partial charge in [-0.1, -0.05) is 12.1 Å². The number of likely N-dealkylation sites (tertiary alicyclic amines) is 1. The average Bonchev–Trinajstić information content (AvgIpc) is 3.27. The summed E-state index contributed by atoms with van der Waals surface area (Å²) in [6.07, 6.45) is 3.75. The van der Waals surface area contributed by atoms with Crippen molar-refractivity contribution in [1.29, 1.82) is 0 Å². The van der Waals surface area contributed by atoms with Crippen LogP contribution in [0.1, 0.15) is 36.8 Å². The first-order valence-electron chi connectivity index (χ1n) is 8.66. The van der Waals surface area contributed by atoms with Crippen LogP contribution < -0.4 is 0 Å². The summed E-state index contributed by atoms with van der Waals surface area (Å²) in [5, 5.41) is 2.02. The van der Waals surface area contributed by atoms with Crippen LogP contribution in [0.5, 0.6) is 0 Å². The maximum absolute atomic E-state index is 13.2. The van der Waals surface area contributed by atoms with E-state index in [4.69, 9.17) is 0 Å². The van der Waals surface area contributed by atoms with Crippen LogP contribution in [0.3, 0.4) is 0 Å². The third kappa shape index (κ3) is 3.58. The normalized spacial score (nSPS) is 20.1. The molecule has 25 heavy (non-hydrogen) atoms. The third-order valence-corrected chi connectivity index (χ3v) is 5.60. The van der Waals surface area contributed by atoms with Gasteiger partial charge >= 0.3 is 0 Å². The number of thiophene rings is 1. The quantitative estimate of drug-likeness (QED) is 0.798. The van der Waals surface area contributed by atoms with E-state index in [0.29, 0.717) is 19.6 Å². The molecule has 0 spiro atoms. The van der Waals surface area contributed by atoms with E-state index in [0.717, 1.165) is 10.4 Å². The molecular weight excluding hydrogens is 334 g/mol. The van der Waals surface area contributed by atoms with Crippen molar-refractivity contribution in [3.63, 3.8) is 0 Å². The summed E-state index contributed by atoms with van der Waals surface area (Å²) in [6, 6.07) is 7.62. The van der Waals surface area contributed by atoms with Gasteiger partial charge < -0.3 is 9.80 Å². The molecule has 0 saturated carbocycles. The number of rotatable bonds is 6. The van der Waals surface area contributed by atoms with Gasteiger partial charge in [0.1, 0.15) is 0 Å².